The van der Waals surface area contributed by atoms with Crippen molar-refractivity contribution >= 4 is 23.1 Å². The van der Waals surface area contributed by atoms with Crippen LogP contribution in [0.5, 0.6) is 11.6 Å². The van der Waals surface area contributed by atoms with Crippen molar-refractivity contribution in [2.75, 3.05) is 12.4 Å². The quantitative estimate of drug-likeness (QED) is 0.288. The van der Waals surface area contributed by atoms with Gasteiger partial charge in [-0.2, -0.15) is 0 Å². The van der Waals surface area contributed by atoms with Crippen LogP contribution in [0.15, 0.2) is 93.4 Å². The van der Waals surface area contributed by atoms with E-state index < -0.39 is 17.1 Å². The van der Waals surface area contributed by atoms with Crippen molar-refractivity contribution in [3.8, 4) is 17.3 Å². The molecule has 8 nitrogen and oxygen atoms in total. The third kappa shape index (κ3) is 4.87. The van der Waals surface area contributed by atoms with Crippen molar-refractivity contribution in [1.82, 2.24) is 9.55 Å². The summed E-state index contributed by atoms with van der Waals surface area (Å²) >= 11 is 6.26. The number of halogens is 1. The van der Waals surface area contributed by atoms with E-state index in [1.165, 1.54) is 7.11 Å². The number of aromatic amines is 1. The Morgan fingerprint density at radius 1 is 1.03 bits per heavy atom. The largest absolute Gasteiger partial charge is 0.497 e. The molecule has 4 rings (SSSR count). The van der Waals surface area contributed by atoms with Crippen LogP contribution in [-0.2, 0) is 6.54 Å². The van der Waals surface area contributed by atoms with E-state index in [0.717, 1.165) is 10.1 Å². The van der Waals surface area contributed by atoms with Gasteiger partial charge in [-0.1, -0.05) is 48.0 Å². The van der Waals surface area contributed by atoms with E-state index >= 15 is 0 Å². The van der Waals surface area contributed by atoms with Crippen LogP contribution in [0.2, 0.25) is 5.02 Å². The summed E-state index contributed by atoms with van der Waals surface area (Å²) in [5.41, 5.74) is -0.0511. The predicted octanol–water partition coefficient (Wildman–Crippen LogP) is 3.95. The fourth-order valence-corrected chi connectivity index (χ4v) is 3.53. The van der Waals surface area contributed by atoms with Gasteiger partial charge in [0, 0.05) is 10.7 Å². The first-order valence-corrected chi connectivity index (χ1v) is 10.7. The number of anilines is 1. The van der Waals surface area contributed by atoms with E-state index in [4.69, 9.17) is 16.3 Å². The smallest absolute Gasteiger partial charge is 0.335 e. The van der Waals surface area contributed by atoms with Gasteiger partial charge >= 0.3 is 5.69 Å². The molecule has 0 amide bonds. The molecule has 0 spiro atoms. The summed E-state index contributed by atoms with van der Waals surface area (Å²) in [6, 6.07) is 22.7. The molecule has 3 N–H and O–H groups in total. The summed E-state index contributed by atoms with van der Waals surface area (Å²) < 4.78 is 6.14. The standard InChI is InChI=1S/C25H21ClN4O4/c1-34-19-13-11-18(12-14-19)30-24(32)21(23(31)29-25(30)33)22(28-17-8-3-2-4-9-17)27-15-16-7-5-6-10-20(16)26/h2-14,32H,15H2,1H3,(H,27,28)(H,29,31,33). The first-order valence-electron chi connectivity index (χ1n) is 10.3. The number of methoxy groups -OCH3 is 1. The molecule has 0 saturated carbocycles. The Labute approximate surface area is 199 Å². The monoisotopic (exact) mass is 476 g/mol. The number of rotatable bonds is 6. The highest BCUT2D eigenvalue weighted by molar-refractivity contribution is 6.31. The van der Waals surface area contributed by atoms with Crippen molar-refractivity contribution in [1.29, 1.82) is 0 Å². The molecule has 9 heteroatoms. The van der Waals surface area contributed by atoms with E-state index in [1.807, 2.05) is 30.3 Å². The lowest BCUT2D eigenvalue weighted by Crippen LogP contribution is -2.35. The van der Waals surface area contributed by atoms with E-state index in [-0.39, 0.29) is 17.9 Å². The second-order valence-electron chi connectivity index (χ2n) is 7.24. The number of para-hydroxylation sites is 1. The summed E-state index contributed by atoms with van der Waals surface area (Å²) in [5.74, 6) is 0.0982. The molecule has 0 fully saturated rings. The minimum absolute atomic E-state index is 0.0760. The molecule has 34 heavy (non-hydrogen) atoms. The van der Waals surface area contributed by atoms with Crippen LogP contribution in [-0.4, -0.2) is 27.6 Å². The molecule has 0 atom stereocenters. The molecule has 0 aliphatic rings. The lowest BCUT2D eigenvalue weighted by Gasteiger charge is -2.15. The Balaban J connectivity index is 1.86. The molecule has 1 aromatic heterocycles. The number of aliphatic imine (C=N–C) groups is 1. The van der Waals surface area contributed by atoms with Gasteiger partial charge in [0.05, 0.1) is 19.3 Å². The maximum absolute atomic E-state index is 12.9. The van der Waals surface area contributed by atoms with Crippen LogP contribution in [0, 0.1) is 0 Å². The van der Waals surface area contributed by atoms with Gasteiger partial charge in [-0.05, 0) is 48.0 Å². The van der Waals surface area contributed by atoms with Gasteiger partial charge < -0.3 is 15.2 Å². The van der Waals surface area contributed by atoms with Gasteiger partial charge in [0.25, 0.3) is 5.56 Å². The molecule has 172 valence electrons. The van der Waals surface area contributed by atoms with Crippen molar-refractivity contribution in [2.24, 2.45) is 4.99 Å². The summed E-state index contributed by atoms with van der Waals surface area (Å²) in [6.07, 6.45) is 0. The number of benzene rings is 3. The highest BCUT2D eigenvalue weighted by Gasteiger charge is 2.21. The molecule has 3 aromatic carbocycles. The molecule has 0 aliphatic carbocycles. The van der Waals surface area contributed by atoms with Crippen LogP contribution < -0.4 is 21.3 Å². The number of ether oxygens (including phenoxy) is 1. The summed E-state index contributed by atoms with van der Waals surface area (Å²) in [4.78, 5) is 32.3. The third-order valence-electron chi connectivity index (χ3n) is 5.06. The van der Waals surface area contributed by atoms with Crippen LogP contribution >= 0.6 is 11.6 Å². The van der Waals surface area contributed by atoms with Crippen molar-refractivity contribution in [3.63, 3.8) is 0 Å². The third-order valence-corrected chi connectivity index (χ3v) is 5.42. The van der Waals surface area contributed by atoms with Crippen molar-refractivity contribution < 1.29 is 9.84 Å². The molecule has 1 heterocycles. The highest BCUT2D eigenvalue weighted by Crippen LogP contribution is 2.22. The lowest BCUT2D eigenvalue weighted by molar-refractivity contribution is 0.414. The van der Waals surface area contributed by atoms with Gasteiger partial charge in [0.2, 0.25) is 5.88 Å². The van der Waals surface area contributed by atoms with Gasteiger partial charge in [0.1, 0.15) is 17.1 Å². The molecule has 0 saturated heterocycles. The SMILES string of the molecule is COc1ccc(-n2c(O)c(C(=NCc3ccccc3Cl)Nc3ccccc3)c(=O)[nH]c2=O)cc1. The number of hydrogen-bond donors (Lipinski definition) is 3. The van der Waals surface area contributed by atoms with Crippen LogP contribution in [0.25, 0.3) is 5.69 Å². The minimum atomic E-state index is -0.790. The van der Waals surface area contributed by atoms with Crippen molar-refractivity contribution in [3.05, 3.63) is 116 Å². The van der Waals surface area contributed by atoms with E-state index in [0.29, 0.717) is 22.1 Å². The van der Waals surface area contributed by atoms with Crippen LogP contribution in [0.4, 0.5) is 5.69 Å². The van der Waals surface area contributed by atoms with Crippen molar-refractivity contribution in [2.45, 2.75) is 6.54 Å². The number of aromatic nitrogens is 2. The number of H-pyrrole nitrogens is 1. The fourth-order valence-electron chi connectivity index (χ4n) is 3.34. The lowest BCUT2D eigenvalue weighted by atomic mass is 10.2. The maximum Gasteiger partial charge on any atom is 0.335 e. The Kier molecular flexibility index (Phi) is 6.79. The number of nitrogens with zero attached hydrogens (tertiary/aromatic N) is 2. The summed E-state index contributed by atoms with van der Waals surface area (Å²) in [5, 5.41) is 14.7. The predicted molar refractivity (Wildman–Crippen MR) is 133 cm³/mol. The highest BCUT2D eigenvalue weighted by atomic mass is 35.5. The summed E-state index contributed by atoms with van der Waals surface area (Å²) in [7, 11) is 1.52. The molecular weight excluding hydrogens is 456 g/mol. The molecule has 4 aromatic rings. The zero-order valence-electron chi connectivity index (χ0n) is 18.2. The van der Waals surface area contributed by atoms with Gasteiger partial charge in [-0.25, -0.2) is 9.36 Å². The molecule has 0 radical (unpaired) electrons. The average Bonchev–Trinajstić information content (AvgIpc) is 2.84. The first kappa shape index (κ1) is 22.9. The maximum atomic E-state index is 12.9. The summed E-state index contributed by atoms with van der Waals surface area (Å²) in [6.45, 7) is 0.134. The van der Waals surface area contributed by atoms with E-state index in [9.17, 15) is 14.7 Å². The first-order chi connectivity index (χ1) is 16.5. The molecular formula is C25H21ClN4O4. The number of amidine groups is 1. The Morgan fingerprint density at radius 3 is 2.38 bits per heavy atom. The van der Waals surface area contributed by atoms with Gasteiger partial charge in [-0.3, -0.25) is 14.8 Å². The molecule has 0 unspecified atom stereocenters. The molecule has 0 aliphatic heterocycles. The molecule has 0 bridgehead atoms. The van der Waals surface area contributed by atoms with Crippen LogP contribution in [0.3, 0.4) is 0 Å². The normalized spacial score (nSPS) is 11.3. The van der Waals surface area contributed by atoms with Gasteiger partial charge in [0.15, 0.2) is 0 Å². The van der Waals surface area contributed by atoms with Gasteiger partial charge in [-0.15, -0.1) is 0 Å². The second kappa shape index (κ2) is 10.1. The Morgan fingerprint density at radius 2 is 1.71 bits per heavy atom. The van der Waals surface area contributed by atoms with E-state index in [1.54, 1.807) is 48.5 Å². The second-order valence-corrected chi connectivity index (χ2v) is 7.65. The zero-order chi connectivity index (χ0) is 24.1. The number of nitrogens with one attached hydrogen (secondary N) is 2. The van der Waals surface area contributed by atoms with Crippen LogP contribution in [0.1, 0.15) is 11.1 Å². The number of aromatic hydroxyl groups is 1. The van der Waals surface area contributed by atoms with E-state index in [2.05, 4.69) is 15.3 Å². The Hall–Kier alpha value is -4.30. The average molecular weight is 477 g/mol. The zero-order valence-corrected chi connectivity index (χ0v) is 18.9. The topological polar surface area (TPSA) is 109 Å². The minimum Gasteiger partial charge on any atom is -0.497 e. The Bertz CT molecular complexity index is 1440. The fraction of sp³-hybridized carbons (Fsp3) is 0.0800. The number of hydrogen-bond acceptors (Lipinski definition) is 5.